The van der Waals surface area contributed by atoms with Crippen LogP contribution < -0.4 is 0 Å². The molecule has 0 amide bonds. The zero-order valence-electron chi connectivity index (χ0n) is 11.3. The first-order chi connectivity index (χ1) is 9.19. The molecule has 0 heterocycles. The standard InChI is InChI=1S/C17H12/c1-3-7-14-12(5-1)9-10-16-15-8-4-2-6-13(15)11-17(14)16/h1-10H,11H2/i11D2. The SMILES string of the molecule is [2H]C1([2H])c2ccccc2-c2ccc3ccccc3c21. The quantitative estimate of drug-likeness (QED) is 0.524. The second-order valence-electron chi connectivity index (χ2n) is 4.38. The van der Waals surface area contributed by atoms with Gasteiger partial charge in [0.05, 0.1) is 0 Å². The van der Waals surface area contributed by atoms with Crippen molar-refractivity contribution >= 4 is 10.8 Å². The van der Waals surface area contributed by atoms with E-state index in [2.05, 4.69) is 6.07 Å². The van der Waals surface area contributed by atoms with Crippen LogP contribution in [0.2, 0.25) is 0 Å². The molecule has 0 unspecified atom stereocenters. The molecule has 0 aromatic heterocycles. The van der Waals surface area contributed by atoms with Crippen molar-refractivity contribution in [2.24, 2.45) is 0 Å². The van der Waals surface area contributed by atoms with Crippen LogP contribution in [0.5, 0.6) is 0 Å². The molecule has 0 spiro atoms. The topological polar surface area (TPSA) is 0 Å². The van der Waals surface area contributed by atoms with E-state index in [0.29, 0.717) is 0 Å². The van der Waals surface area contributed by atoms with E-state index in [-0.39, 0.29) is 0 Å². The minimum absolute atomic E-state index is 0.779. The predicted molar refractivity (Wildman–Crippen MR) is 72.2 cm³/mol. The fraction of sp³-hybridized carbons (Fsp3) is 0.0588. The zero-order valence-corrected chi connectivity index (χ0v) is 9.27. The van der Waals surface area contributed by atoms with Crippen molar-refractivity contribution in [3.63, 3.8) is 0 Å². The third-order valence-corrected chi connectivity index (χ3v) is 3.41. The first-order valence-electron chi connectivity index (χ1n) is 6.82. The molecule has 3 aromatic rings. The highest BCUT2D eigenvalue weighted by molar-refractivity contribution is 5.95. The van der Waals surface area contributed by atoms with Gasteiger partial charge in [-0.25, -0.2) is 0 Å². The Morgan fingerprint density at radius 1 is 0.765 bits per heavy atom. The summed E-state index contributed by atoms with van der Waals surface area (Å²) in [5.74, 6) is 0. The molecule has 3 aromatic carbocycles. The predicted octanol–water partition coefficient (Wildman–Crippen LogP) is 4.41. The van der Waals surface area contributed by atoms with Crippen molar-refractivity contribution in [2.75, 3.05) is 0 Å². The molecule has 4 rings (SSSR count). The number of benzene rings is 3. The lowest BCUT2D eigenvalue weighted by molar-refractivity contribution is 1.28. The van der Waals surface area contributed by atoms with Gasteiger partial charge in [0.1, 0.15) is 0 Å². The van der Waals surface area contributed by atoms with Crippen LogP contribution in [-0.4, -0.2) is 0 Å². The zero-order chi connectivity index (χ0) is 13.0. The maximum Gasteiger partial charge on any atom is 0.0366 e. The van der Waals surface area contributed by atoms with E-state index in [9.17, 15) is 0 Å². The highest BCUT2D eigenvalue weighted by Crippen LogP contribution is 2.39. The van der Waals surface area contributed by atoms with Gasteiger partial charge >= 0.3 is 0 Å². The summed E-state index contributed by atoms with van der Waals surface area (Å²) >= 11 is 0. The molecule has 0 nitrogen and oxygen atoms in total. The summed E-state index contributed by atoms with van der Waals surface area (Å²) in [6.45, 7) is 0. The molecule has 0 heteroatoms. The van der Waals surface area contributed by atoms with Crippen molar-refractivity contribution in [1.29, 1.82) is 0 Å². The molecule has 1 aliphatic rings. The second kappa shape index (κ2) is 3.21. The molecule has 0 aliphatic heterocycles. The lowest BCUT2D eigenvalue weighted by Crippen LogP contribution is -1.83. The lowest BCUT2D eigenvalue weighted by Gasteiger charge is -2.05. The second-order valence-corrected chi connectivity index (χ2v) is 4.38. The summed E-state index contributed by atoms with van der Waals surface area (Å²) in [7, 11) is 0. The largest absolute Gasteiger partial charge is 0.0619 e. The Balaban J connectivity index is 2.20. The number of rotatable bonds is 0. The molecule has 17 heavy (non-hydrogen) atoms. The van der Waals surface area contributed by atoms with Crippen LogP contribution in [0.25, 0.3) is 21.9 Å². The normalized spacial score (nSPS) is 17.2. The molecular weight excluding hydrogens is 204 g/mol. The Hall–Kier alpha value is -2.08. The van der Waals surface area contributed by atoms with E-state index >= 15 is 0 Å². The Morgan fingerprint density at radius 2 is 1.59 bits per heavy atom. The van der Waals surface area contributed by atoms with E-state index in [0.717, 1.165) is 33.0 Å². The van der Waals surface area contributed by atoms with Gasteiger partial charge in [0, 0.05) is 2.74 Å². The molecule has 0 atom stereocenters. The van der Waals surface area contributed by atoms with Gasteiger partial charge in [-0.2, -0.15) is 0 Å². The van der Waals surface area contributed by atoms with E-state index in [1.54, 1.807) is 0 Å². The molecule has 0 N–H and O–H groups in total. The molecule has 0 saturated carbocycles. The van der Waals surface area contributed by atoms with E-state index in [1.807, 2.05) is 54.6 Å². The molecule has 1 aliphatic carbocycles. The minimum Gasteiger partial charge on any atom is -0.0619 e. The number of hydrogen-bond acceptors (Lipinski definition) is 0. The summed E-state index contributed by atoms with van der Waals surface area (Å²) in [6.07, 6.45) is -1.41. The Bertz CT molecular complexity index is 803. The van der Waals surface area contributed by atoms with Crippen molar-refractivity contribution in [3.05, 3.63) is 71.8 Å². The summed E-state index contributed by atoms with van der Waals surface area (Å²) in [6, 6.07) is 19.9. The Morgan fingerprint density at radius 3 is 2.59 bits per heavy atom. The smallest absolute Gasteiger partial charge is 0.0366 e. The summed E-state index contributed by atoms with van der Waals surface area (Å²) in [5.41, 5.74) is 3.64. The molecule has 0 radical (unpaired) electrons. The van der Waals surface area contributed by atoms with Gasteiger partial charge in [-0.3, -0.25) is 0 Å². The molecule has 0 bridgehead atoms. The van der Waals surface area contributed by atoms with Crippen LogP contribution in [0.4, 0.5) is 0 Å². The molecular formula is C17H12. The van der Waals surface area contributed by atoms with Crippen molar-refractivity contribution in [2.45, 2.75) is 6.37 Å². The minimum atomic E-state index is -1.41. The highest BCUT2D eigenvalue weighted by atomic mass is 14.2. The van der Waals surface area contributed by atoms with Gasteiger partial charge in [0.25, 0.3) is 0 Å². The van der Waals surface area contributed by atoms with Crippen LogP contribution in [0, 0.1) is 0 Å². The highest BCUT2D eigenvalue weighted by Gasteiger charge is 2.19. The maximum absolute atomic E-state index is 8.50. The van der Waals surface area contributed by atoms with Gasteiger partial charge in [-0.15, -0.1) is 0 Å². The van der Waals surface area contributed by atoms with Crippen LogP contribution in [0.1, 0.15) is 13.9 Å². The van der Waals surface area contributed by atoms with Crippen molar-refractivity contribution in [3.8, 4) is 11.1 Å². The van der Waals surface area contributed by atoms with Gasteiger partial charge in [0.15, 0.2) is 0 Å². The Kier molecular flexibility index (Phi) is 1.37. The fourth-order valence-corrected chi connectivity index (χ4v) is 2.59. The third kappa shape index (κ3) is 1.18. The average Bonchev–Trinajstić information content (AvgIpc) is 2.68. The van der Waals surface area contributed by atoms with Crippen molar-refractivity contribution in [1.82, 2.24) is 0 Å². The lowest BCUT2D eigenvalue weighted by atomic mass is 9.99. The monoisotopic (exact) mass is 218 g/mol. The average molecular weight is 218 g/mol. The van der Waals surface area contributed by atoms with E-state index in [4.69, 9.17) is 2.74 Å². The van der Waals surface area contributed by atoms with Gasteiger partial charge in [-0.1, -0.05) is 60.7 Å². The van der Waals surface area contributed by atoms with Gasteiger partial charge in [0.2, 0.25) is 0 Å². The van der Waals surface area contributed by atoms with Crippen LogP contribution in [0.15, 0.2) is 60.7 Å². The first-order valence-corrected chi connectivity index (χ1v) is 5.82. The molecule has 0 saturated heterocycles. The first kappa shape index (κ1) is 7.29. The summed E-state index contributed by atoms with van der Waals surface area (Å²) in [4.78, 5) is 0. The maximum atomic E-state index is 8.50. The van der Waals surface area contributed by atoms with Crippen molar-refractivity contribution < 1.29 is 2.74 Å². The number of fused-ring (bicyclic) bond motifs is 5. The van der Waals surface area contributed by atoms with E-state index < -0.39 is 6.37 Å². The van der Waals surface area contributed by atoms with Gasteiger partial charge < -0.3 is 0 Å². The summed E-state index contributed by atoms with van der Waals surface area (Å²) < 4.78 is 17.0. The summed E-state index contributed by atoms with van der Waals surface area (Å²) in [5, 5.41) is 2.11. The van der Waals surface area contributed by atoms with Crippen LogP contribution in [0.3, 0.4) is 0 Å². The molecule has 80 valence electrons. The van der Waals surface area contributed by atoms with E-state index in [1.165, 1.54) is 0 Å². The Labute approximate surface area is 103 Å². The third-order valence-electron chi connectivity index (χ3n) is 3.41. The van der Waals surface area contributed by atoms with Crippen LogP contribution >= 0.6 is 0 Å². The van der Waals surface area contributed by atoms with Crippen LogP contribution in [-0.2, 0) is 6.37 Å². The number of hydrogen-bond donors (Lipinski definition) is 0. The molecule has 0 fully saturated rings. The van der Waals surface area contributed by atoms with Gasteiger partial charge in [-0.05, 0) is 39.4 Å². The fourth-order valence-electron chi connectivity index (χ4n) is 2.59.